The average molecular weight is 379 g/mol. The molecule has 1 aliphatic carbocycles. The van der Waals surface area contributed by atoms with Crippen LogP contribution >= 0.6 is 0 Å². The van der Waals surface area contributed by atoms with Crippen LogP contribution in [0.1, 0.15) is 38.5 Å². The predicted octanol–water partition coefficient (Wildman–Crippen LogP) is 1.01. The van der Waals surface area contributed by atoms with Crippen molar-refractivity contribution >= 4 is 21.8 Å². The first-order valence-electron chi connectivity index (χ1n) is 9.14. The second-order valence-electron chi connectivity index (χ2n) is 6.87. The summed E-state index contributed by atoms with van der Waals surface area (Å²) in [6.07, 6.45) is 4.89. The minimum Gasteiger partial charge on any atom is -0.348 e. The van der Waals surface area contributed by atoms with Crippen molar-refractivity contribution in [1.29, 1.82) is 0 Å². The molecule has 1 aliphatic heterocycles. The maximum atomic E-state index is 12.9. The molecule has 142 valence electrons. The average Bonchev–Trinajstić information content (AvgIpc) is 3.46. The van der Waals surface area contributed by atoms with E-state index in [4.69, 9.17) is 0 Å². The van der Waals surface area contributed by atoms with E-state index in [0.29, 0.717) is 17.9 Å². The molecule has 2 amide bonds. The Balaban J connectivity index is 1.57. The first-order chi connectivity index (χ1) is 12.5. The molecule has 1 aromatic carbocycles. The minimum absolute atomic E-state index is 0.137. The van der Waals surface area contributed by atoms with Gasteiger partial charge in [0.2, 0.25) is 10.0 Å². The third-order valence-corrected chi connectivity index (χ3v) is 6.77. The Bertz CT molecular complexity index is 747. The number of amides is 2. The van der Waals surface area contributed by atoms with Gasteiger partial charge in [0.25, 0.3) is 0 Å². The summed E-state index contributed by atoms with van der Waals surface area (Å²) in [6, 6.07) is 8.39. The lowest BCUT2D eigenvalue weighted by Gasteiger charge is -2.34. The molecule has 3 rings (SSSR count). The van der Waals surface area contributed by atoms with Crippen LogP contribution in [0.15, 0.2) is 35.2 Å². The molecule has 1 heterocycles. The van der Waals surface area contributed by atoms with Gasteiger partial charge in [-0.05, 0) is 44.2 Å². The minimum atomic E-state index is -3.54. The fraction of sp³-hybridized carbons (Fsp3) is 0.556. The van der Waals surface area contributed by atoms with Gasteiger partial charge in [-0.2, -0.15) is 4.31 Å². The lowest BCUT2D eigenvalue weighted by Crippen LogP contribution is -2.46. The molecule has 7 nitrogen and oxygen atoms in total. The number of nitrogens with one attached hydrogen (secondary N) is 2. The standard InChI is InChI=1S/C18H25N3O4S/c22-17(18(23)20-14-9-10-14)19-12-11-15-6-4-5-13-21(15)26(24,25)16-7-2-1-3-8-16/h1-3,7-8,14-15H,4-6,9-13H2,(H,19,22)(H,20,23)/t15-/m0/s1. The van der Waals surface area contributed by atoms with E-state index in [1.54, 1.807) is 34.6 Å². The topological polar surface area (TPSA) is 95.6 Å². The first kappa shape index (κ1) is 18.8. The predicted molar refractivity (Wildman–Crippen MR) is 96.8 cm³/mol. The molecule has 2 N–H and O–H groups in total. The molecular weight excluding hydrogens is 354 g/mol. The molecule has 1 saturated heterocycles. The molecule has 0 bridgehead atoms. The summed E-state index contributed by atoms with van der Waals surface area (Å²) in [5.41, 5.74) is 0. The summed E-state index contributed by atoms with van der Waals surface area (Å²) < 4.78 is 27.4. The summed E-state index contributed by atoms with van der Waals surface area (Å²) in [6.45, 7) is 0.764. The summed E-state index contributed by atoms with van der Waals surface area (Å²) in [5.74, 6) is -1.25. The molecule has 1 atom stereocenters. The first-order valence-corrected chi connectivity index (χ1v) is 10.6. The van der Waals surface area contributed by atoms with Crippen molar-refractivity contribution in [2.75, 3.05) is 13.1 Å². The largest absolute Gasteiger partial charge is 0.348 e. The van der Waals surface area contributed by atoms with E-state index < -0.39 is 21.8 Å². The number of rotatable bonds is 6. The monoisotopic (exact) mass is 379 g/mol. The van der Waals surface area contributed by atoms with Crippen LogP contribution < -0.4 is 10.6 Å². The Morgan fingerprint density at radius 1 is 1.04 bits per heavy atom. The van der Waals surface area contributed by atoms with E-state index >= 15 is 0 Å². The normalized spacial score (nSPS) is 21.2. The lowest BCUT2D eigenvalue weighted by molar-refractivity contribution is -0.139. The molecule has 0 unspecified atom stereocenters. The number of benzene rings is 1. The van der Waals surface area contributed by atoms with E-state index in [9.17, 15) is 18.0 Å². The zero-order valence-electron chi connectivity index (χ0n) is 14.7. The van der Waals surface area contributed by atoms with Crippen molar-refractivity contribution in [2.45, 2.75) is 55.5 Å². The molecular formula is C18H25N3O4S. The lowest BCUT2D eigenvalue weighted by atomic mass is 10.0. The van der Waals surface area contributed by atoms with Crippen molar-refractivity contribution < 1.29 is 18.0 Å². The molecule has 1 saturated carbocycles. The number of sulfonamides is 1. The maximum Gasteiger partial charge on any atom is 0.309 e. The SMILES string of the molecule is O=C(NCC[C@@H]1CCCCN1S(=O)(=O)c1ccccc1)C(=O)NC1CC1. The second kappa shape index (κ2) is 8.18. The number of nitrogens with zero attached hydrogens (tertiary/aromatic N) is 1. The van der Waals surface area contributed by atoms with Crippen molar-refractivity contribution in [2.24, 2.45) is 0 Å². The number of hydrogen-bond donors (Lipinski definition) is 2. The van der Waals surface area contributed by atoms with E-state index in [0.717, 1.165) is 32.1 Å². The third-order valence-electron chi connectivity index (χ3n) is 4.80. The van der Waals surface area contributed by atoms with Gasteiger partial charge in [0, 0.05) is 25.2 Å². The van der Waals surface area contributed by atoms with Crippen LogP contribution in [0, 0.1) is 0 Å². The highest BCUT2D eigenvalue weighted by atomic mass is 32.2. The third kappa shape index (κ3) is 4.62. The highest BCUT2D eigenvalue weighted by Gasteiger charge is 2.33. The van der Waals surface area contributed by atoms with Crippen LogP contribution in [0.4, 0.5) is 0 Å². The van der Waals surface area contributed by atoms with Crippen LogP contribution in [0.25, 0.3) is 0 Å². The zero-order chi connectivity index (χ0) is 18.6. The molecule has 26 heavy (non-hydrogen) atoms. The highest BCUT2D eigenvalue weighted by Crippen LogP contribution is 2.26. The zero-order valence-corrected chi connectivity index (χ0v) is 15.5. The van der Waals surface area contributed by atoms with Gasteiger partial charge in [0.15, 0.2) is 0 Å². The van der Waals surface area contributed by atoms with Gasteiger partial charge in [0.05, 0.1) is 4.90 Å². The Morgan fingerprint density at radius 2 is 1.77 bits per heavy atom. The van der Waals surface area contributed by atoms with Crippen LogP contribution in [-0.4, -0.2) is 49.7 Å². The van der Waals surface area contributed by atoms with Crippen molar-refractivity contribution in [3.05, 3.63) is 30.3 Å². The summed E-state index contributed by atoms with van der Waals surface area (Å²) in [4.78, 5) is 23.7. The van der Waals surface area contributed by atoms with E-state index in [-0.39, 0.29) is 18.6 Å². The molecule has 0 aromatic heterocycles. The molecule has 0 radical (unpaired) electrons. The van der Waals surface area contributed by atoms with E-state index in [2.05, 4.69) is 10.6 Å². The Morgan fingerprint density at radius 3 is 2.46 bits per heavy atom. The smallest absolute Gasteiger partial charge is 0.309 e. The van der Waals surface area contributed by atoms with Gasteiger partial charge in [0.1, 0.15) is 0 Å². The van der Waals surface area contributed by atoms with Crippen LogP contribution in [0.5, 0.6) is 0 Å². The summed E-state index contributed by atoms with van der Waals surface area (Å²) >= 11 is 0. The number of piperidine rings is 1. The van der Waals surface area contributed by atoms with Crippen LogP contribution in [0.3, 0.4) is 0 Å². The number of carbonyl (C=O) groups is 2. The van der Waals surface area contributed by atoms with Gasteiger partial charge in [-0.25, -0.2) is 8.42 Å². The number of carbonyl (C=O) groups excluding carboxylic acids is 2. The number of hydrogen-bond acceptors (Lipinski definition) is 4. The van der Waals surface area contributed by atoms with Crippen LogP contribution in [-0.2, 0) is 19.6 Å². The van der Waals surface area contributed by atoms with Crippen molar-refractivity contribution in [1.82, 2.24) is 14.9 Å². The summed E-state index contributed by atoms with van der Waals surface area (Å²) in [7, 11) is -3.54. The molecule has 8 heteroatoms. The van der Waals surface area contributed by atoms with Gasteiger partial charge in [-0.1, -0.05) is 24.6 Å². The van der Waals surface area contributed by atoms with Gasteiger partial charge in [-0.3, -0.25) is 9.59 Å². The molecule has 2 fully saturated rings. The fourth-order valence-corrected chi connectivity index (χ4v) is 4.96. The Labute approximate surface area is 154 Å². The summed E-state index contributed by atoms with van der Waals surface area (Å²) in [5, 5.41) is 5.24. The highest BCUT2D eigenvalue weighted by molar-refractivity contribution is 7.89. The van der Waals surface area contributed by atoms with Crippen molar-refractivity contribution in [3.63, 3.8) is 0 Å². The molecule has 1 aromatic rings. The quantitative estimate of drug-likeness (QED) is 0.721. The van der Waals surface area contributed by atoms with Crippen molar-refractivity contribution in [3.8, 4) is 0 Å². The van der Waals surface area contributed by atoms with Gasteiger partial charge >= 0.3 is 11.8 Å². The van der Waals surface area contributed by atoms with Crippen LogP contribution in [0.2, 0.25) is 0 Å². The Hall–Kier alpha value is -1.93. The second-order valence-corrected chi connectivity index (χ2v) is 8.76. The van der Waals surface area contributed by atoms with E-state index in [1.165, 1.54) is 0 Å². The maximum absolute atomic E-state index is 12.9. The Kier molecular flexibility index (Phi) is 5.93. The van der Waals surface area contributed by atoms with E-state index in [1.807, 2.05) is 0 Å². The van der Waals surface area contributed by atoms with Gasteiger partial charge < -0.3 is 10.6 Å². The molecule has 0 spiro atoms. The fourth-order valence-electron chi connectivity index (χ4n) is 3.22. The molecule has 2 aliphatic rings. The van der Waals surface area contributed by atoms with Gasteiger partial charge in [-0.15, -0.1) is 0 Å².